The zero-order valence-electron chi connectivity index (χ0n) is 10.5. The summed E-state index contributed by atoms with van der Waals surface area (Å²) in [6.07, 6.45) is -0.433. The lowest BCUT2D eigenvalue weighted by atomic mass is 10.1. The van der Waals surface area contributed by atoms with Crippen LogP contribution < -0.4 is 19.5 Å². The first-order valence-corrected chi connectivity index (χ1v) is 5.43. The molecule has 98 valence electrons. The molecule has 1 atom stereocenters. The van der Waals surface area contributed by atoms with Crippen LogP contribution in [0.5, 0.6) is 17.2 Å². The zero-order chi connectivity index (χ0) is 13.1. The molecule has 1 saturated heterocycles. The van der Waals surface area contributed by atoms with E-state index in [1.54, 1.807) is 20.3 Å². The van der Waals surface area contributed by atoms with Crippen molar-refractivity contribution in [3.05, 3.63) is 17.7 Å². The number of amides is 1. The van der Waals surface area contributed by atoms with Gasteiger partial charge in [-0.2, -0.15) is 0 Å². The number of carbonyl (C=O) groups is 1. The average molecular weight is 253 g/mol. The van der Waals surface area contributed by atoms with Crippen LogP contribution >= 0.6 is 0 Å². The standard InChI is InChI=1S/C12H15NO5/c1-15-9-5-4-7(8-6-18-12(14)13-8)10(16-2)11(9)17-3/h4-5,8H,6H2,1-3H3,(H,13,14). The van der Waals surface area contributed by atoms with Crippen LogP contribution in [0.1, 0.15) is 11.6 Å². The normalized spacial score (nSPS) is 17.9. The first-order valence-electron chi connectivity index (χ1n) is 5.43. The molecule has 2 rings (SSSR count). The number of ether oxygens (including phenoxy) is 4. The van der Waals surface area contributed by atoms with E-state index in [1.165, 1.54) is 7.11 Å². The van der Waals surface area contributed by atoms with Gasteiger partial charge in [0.05, 0.1) is 27.4 Å². The first kappa shape index (κ1) is 12.3. The van der Waals surface area contributed by atoms with Crippen molar-refractivity contribution in [1.82, 2.24) is 5.32 Å². The molecule has 1 unspecified atom stereocenters. The first-order chi connectivity index (χ1) is 8.71. The SMILES string of the molecule is COc1ccc(C2COC(=O)N2)c(OC)c1OC. The number of benzene rings is 1. The minimum atomic E-state index is -0.433. The maximum absolute atomic E-state index is 11.1. The summed E-state index contributed by atoms with van der Waals surface area (Å²) in [5.74, 6) is 1.61. The van der Waals surface area contributed by atoms with Crippen LogP contribution in [0.4, 0.5) is 4.79 Å². The highest BCUT2D eigenvalue weighted by Crippen LogP contribution is 2.42. The predicted octanol–water partition coefficient (Wildman–Crippen LogP) is 1.49. The molecule has 1 heterocycles. The third-order valence-electron chi connectivity index (χ3n) is 2.78. The van der Waals surface area contributed by atoms with Gasteiger partial charge in [-0.05, 0) is 12.1 Å². The molecule has 18 heavy (non-hydrogen) atoms. The smallest absolute Gasteiger partial charge is 0.407 e. The van der Waals surface area contributed by atoms with Crippen LogP contribution in [0.15, 0.2) is 12.1 Å². The molecule has 0 aliphatic carbocycles. The Hall–Kier alpha value is -2.11. The van der Waals surface area contributed by atoms with Gasteiger partial charge in [0.1, 0.15) is 6.61 Å². The van der Waals surface area contributed by atoms with Gasteiger partial charge >= 0.3 is 6.09 Å². The Kier molecular flexibility index (Phi) is 3.45. The second-order valence-corrected chi connectivity index (χ2v) is 3.72. The molecule has 1 aromatic rings. The van der Waals surface area contributed by atoms with Crippen LogP contribution in [0, 0.1) is 0 Å². The zero-order valence-corrected chi connectivity index (χ0v) is 10.5. The van der Waals surface area contributed by atoms with E-state index in [0.717, 1.165) is 5.56 Å². The Bertz CT molecular complexity index is 460. The predicted molar refractivity (Wildman–Crippen MR) is 63.3 cm³/mol. The Labute approximate surface area is 105 Å². The quantitative estimate of drug-likeness (QED) is 0.880. The molecule has 0 saturated carbocycles. The molecule has 1 aliphatic heterocycles. The Balaban J connectivity index is 2.44. The maximum Gasteiger partial charge on any atom is 0.407 e. The van der Waals surface area contributed by atoms with E-state index in [4.69, 9.17) is 18.9 Å². The molecule has 0 radical (unpaired) electrons. The van der Waals surface area contributed by atoms with Gasteiger partial charge in [0.2, 0.25) is 5.75 Å². The minimum Gasteiger partial charge on any atom is -0.493 e. The third kappa shape index (κ3) is 2.01. The Morgan fingerprint density at radius 3 is 2.39 bits per heavy atom. The highest BCUT2D eigenvalue weighted by Gasteiger charge is 2.29. The van der Waals surface area contributed by atoms with Crippen LogP contribution in [-0.4, -0.2) is 34.0 Å². The van der Waals surface area contributed by atoms with Gasteiger partial charge in [0, 0.05) is 5.56 Å². The number of methoxy groups -OCH3 is 3. The Morgan fingerprint density at radius 2 is 1.89 bits per heavy atom. The third-order valence-corrected chi connectivity index (χ3v) is 2.78. The van der Waals surface area contributed by atoms with Gasteiger partial charge in [-0.3, -0.25) is 0 Å². The molecule has 1 fully saturated rings. The summed E-state index contributed by atoms with van der Waals surface area (Å²) in [5, 5.41) is 2.70. The fourth-order valence-corrected chi connectivity index (χ4v) is 1.95. The number of nitrogens with one attached hydrogen (secondary N) is 1. The number of cyclic esters (lactones) is 1. The summed E-state index contributed by atoms with van der Waals surface area (Å²) in [5.41, 5.74) is 0.793. The molecule has 6 nitrogen and oxygen atoms in total. The van der Waals surface area contributed by atoms with Crippen LogP contribution in [-0.2, 0) is 4.74 Å². The van der Waals surface area contributed by atoms with Gasteiger partial charge in [-0.15, -0.1) is 0 Å². The summed E-state index contributed by atoms with van der Waals surface area (Å²) in [7, 11) is 4.63. The fourth-order valence-electron chi connectivity index (χ4n) is 1.95. The largest absolute Gasteiger partial charge is 0.493 e. The van der Waals surface area contributed by atoms with Crippen LogP contribution in [0.25, 0.3) is 0 Å². The number of carbonyl (C=O) groups excluding carboxylic acids is 1. The van der Waals surface area contributed by atoms with Crippen molar-refractivity contribution in [2.45, 2.75) is 6.04 Å². The molecular formula is C12H15NO5. The second kappa shape index (κ2) is 5.03. The number of hydrogen-bond acceptors (Lipinski definition) is 5. The van der Waals surface area contributed by atoms with Gasteiger partial charge < -0.3 is 24.3 Å². The lowest BCUT2D eigenvalue weighted by Crippen LogP contribution is -2.19. The summed E-state index contributed by atoms with van der Waals surface area (Å²) in [4.78, 5) is 11.1. The van der Waals surface area contributed by atoms with Gasteiger partial charge in [0.15, 0.2) is 11.5 Å². The summed E-state index contributed by atoms with van der Waals surface area (Å²) >= 11 is 0. The second-order valence-electron chi connectivity index (χ2n) is 3.72. The molecule has 1 aromatic carbocycles. The minimum absolute atomic E-state index is 0.243. The van der Waals surface area contributed by atoms with Crippen molar-refractivity contribution < 1.29 is 23.7 Å². The van der Waals surface area contributed by atoms with E-state index in [2.05, 4.69) is 5.32 Å². The van der Waals surface area contributed by atoms with E-state index in [1.807, 2.05) is 6.07 Å². The molecule has 0 aromatic heterocycles. The molecular weight excluding hydrogens is 238 g/mol. The van der Waals surface area contributed by atoms with E-state index in [-0.39, 0.29) is 12.6 Å². The summed E-state index contributed by atoms with van der Waals surface area (Å²) in [6.45, 7) is 0.269. The average Bonchev–Trinajstić information content (AvgIpc) is 2.83. The lowest BCUT2D eigenvalue weighted by Gasteiger charge is -2.18. The van der Waals surface area contributed by atoms with E-state index >= 15 is 0 Å². The van der Waals surface area contributed by atoms with E-state index in [0.29, 0.717) is 17.2 Å². The number of hydrogen-bond donors (Lipinski definition) is 1. The van der Waals surface area contributed by atoms with Crippen molar-refractivity contribution in [2.75, 3.05) is 27.9 Å². The van der Waals surface area contributed by atoms with Gasteiger partial charge in [-0.1, -0.05) is 0 Å². The monoisotopic (exact) mass is 253 g/mol. The lowest BCUT2D eigenvalue weighted by molar-refractivity contribution is 0.176. The molecule has 1 aliphatic rings. The summed E-state index contributed by atoms with van der Waals surface area (Å²) in [6, 6.07) is 3.34. The van der Waals surface area contributed by atoms with Gasteiger partial charge in [0.25, 0.3) is 0 Å². The number of alkyl carbamates (subject to hydrolysis) is 1. The number of rotatable bonds is 4. The Morgan fingerprint density at radius 1 is 1.17 bits per heavy atom. The van der Waals surface area contributed by atoms with Crippen molar-refractivity contribution in [1.29, 1.82) is 0 Å². The summed E-state index contributed by atoms with van der Waals surface area (Å²) < 4.78 is 20.7. The van der Waals surface area contributed by atoms with Crippen molar-refractivity contribution in [3.8, 4) is 17.2 Å². The van der Waals surface area contributed by atoms with Crippen molar-refractivity contribution in [2.24, 2.45) is 0 Å². The van der Waals surface area contributed by atoms with E-state index in [9.17, 15) is 4.79 Å². The molecule has 1 N–H and O–H groups in total. The van der Waals surface area contributed by atoms with Crippen molar-refractivity contribution >= 4 is 6.09 Å². The van der Waals surface area contributed by atoms with Crippen LogP contribution in [0.3, 0.4) is 0 Å². The van der Waals surface area contributed by atoms with Crippen molar-refractivity contribution in [3.63, 3.8) is 0 Å². The maximum atomic E-state index is 11.1. The molecule has 1 amide bonds. The van der Waals surface area contributed by atoms with Crippen LogP contribution in [0.2, 0.25) is 0 Å². The molecule has 6 heteroatoms. The highest BCUT2D eigenvalue weighted by molar-refractivity contribution is 5.71. The molecule has 0 bridgehead atoms. The topological polar surface area (TPSA) is 66.0 Å². The highest BCUT2D eigenvalue weighted by atomic mass is 16.6. The van der Waals surface area contributed by atoms with Gasteiger partial charge in [-0.25, -0.2) is 4.79 Å². The fraction of sp³-hybridized carbons (Fsp3) is 0.417. The molecule has 0 spiro atoms. The van der Waals surface area contributed by atoms with E-state index < -0.39 is 6.09 Å².